The first kappa shape index (κ1) is 14.8. The number of amides is 1. The topological polar surface area (TPSA) is 90.1 Å². The van der Waals surface area contributed by atoms with Crippen LogP contribution in [0.25, 0.3) is 0 Å². The number of nitrogens with one attached hydrogen (secondary N) is 1. The molecule has 1 amide bonds. The summed E-state index contributed by atoms with van der Waals surface area (Å²) in [5.41, 5.74) is 0.492. The van der Waals surface area contributed by atoms with Crippen molar-refractivity contribution in [1.82, 2.24) is 20.5 Å². The molecule has 1 saturated heterocycles. The van der Waals surface area contributed by atoms with Gasteiger partial charge >= 0.3 is 0 Å². The Morgan fingerprint density at radius 2 is 2.45 bits per heavy atom. The van der Waals surface area contributed by atoms with Crippen LogP contribution in [0.15, 0.2) is 22.7 Å². The number of rotatable bonds is 5. The number of ether oxygens (including phenoxy) is 1. The van der Waals surface area contributed by atoms with Crippen LogP contribution >= 0.6 is 11.8 Å². The van der Waals surface area contributed by atoms with Crippen LogP contribution in [0.5, 0.6) is 5.88 Å². The molecule has 22 heavy (non-hydrogen) atoms. The predicted molar refractivity (Wildman–Crippen MR) is 80.8 cm³/mol. The predicted octanol–water partition coefficient (Wildman–Crippen LogP) is 1.59. The molecular weight excluding hydrogens is 304 g/mol. The van der Waals surface area contributed by atoms with Gasteiger partial charge < -0.3 is 14.5 Å². The van der Waals surface area contributed by atoms with Gasteiger partial charge in [0.1, 0.15) is 6.10 Å². The maximum atomic E-state index is 12.1. The molecule has 0 radical (unpaired) electrons. The second kappa shape index (κ2) is 6.78. The number of aryl methyl sites for hydroxylation is 1. The lowest BCUT2D eigenvalue weighted by Gasteiger charge is -2.11. The van der Waals surface area contributed by atoms with Crippen molar-refractivity contribution < 1.29 is 13.9 Å². The quantitative estimate of drug-likeness (QED) is 0.894. The normalized spacial score (nSPS) is 17.4. The van der Waals surface area contributed by atoms with Gasteiger partial charge in [-0.3, -0.25) is 4.79 Å². The number of hydrogen-bond donors (Lipinski definition) is 1. The van der Waals surface area contributed by atoms with Crippen molar-refractivity contribution in [3.63, 3.8) is 0 Å². The van der Waals surface area contributed by atoms with Crippen LogP contribution in [0.4, 0.5) is 0 Å². The Morgan fingerprint density at radius 3 is 3.18 bits per heavy atom. The third-order valence-electron chi connectivity index (χ3n) is 3.14. The van der Waals surface area contributed by atoms with Gasteiger partial charge in [-0.15, -0.1) is 10.2 Å². The average molecular weight is 320 g/mol. The lowest BCUT2D eigenvalue weighted by atomic mass is 10.2. The molecule has 1 N–H and O–H groups in total. The molecule has 0 aliphatic carbocycles. The van der Waals surface area contributed by atoms with E-state index in [1.165, 1.54) is 0 Å². The van der Waals surface area contributed by atoms with Crippen molar-refractivity contribution in [2.75, 3.05) is 11.5 Å². The number of thioether (sulfide) groups is 1. The highest BCUT2D eigenvalue weighted by molar-refractivity contribution is 7.99. The number of nitrogens with zero attached hydrogens (tertiary/aromatic N) is 3. The van der Waals surface area contributed by atoms with Crippen molar-refractivity contribution in [3.8, 4) is 5.88 Å². The minimum absolute atomic E-state index is 0.178. The molecule has 1 atom stereocenters. The number of carbonyl (C=O) groups is 1. The molecule has 3 heterocycles. The molecule has 1 fully saturated rings. The molecule has 8 heteroatoms. The van der Waals surface area contributed by atoms with Gasteiger partial charge in [-0.05, 0) is 18.2 Å². The van der Waals surface area contributed by atoms with Crippen LogP contribution in [0, 0.1) is 6.92 Å². The molecule has 116 valence electrons. The van der Waals surface area contributed by atoms with E-state index in [0.717, 1.165) is 17.9 Å². The molecule has 3 rings (SSSR count). The monoisotopic (exact) mass is 320 g/mol. The lowest BCUT2D eigenvalue weighted by Crippen LogP contribution is -2.23. The molecule has 0 unspecified atom stereocenters. The van der Waals surface area contributed by atoms with Crippen molar-refractivity contribution in [2.24, 2.45) is 0 Å². The SMILES string of the molecule is Cc1nnc(CNC(=O)c2ccnc(O[C@@H]3CCSC3)c2)o1. The van der Waals surface area contributed by atoms with Crippen LogP contribution in [-0.4, -0.2) is 38.7 Å². The third-order valence-corrected chi connectivity index (χ3v) is 4.27. The fourth-order valence-electron chi connectivity index (χ4n) is 2.06. The zero-order valence-electron chi connectivity index (χ0n) is 12.1. The second-order valence-corrected chi connectivity index (χ2v) is 6.03. The zero-order chi connectivity index (χ0) is 15.4. The maximum Gasteiger partial charge on any atom is 0.251 e. The number of pyridine rings is 1. The van der Waals surface area contributed by atoms with Gasteiger partial charge in [-0.2, -0.15) is 11.8 Å². The van der Waals surface area contributed by atoms with Gasteiger partial charge in [0.2, 0.25) is 17.7 Å². The summed E-state index contributed by atoms with van der Waals surface area (Å²) in [6.45, 7) is 1.89. The summed E-state index contributed by atoms with van der Waals surface area (Å²) in [5, 5.41) is 10.3. The highest BCUT2D eigenvalue weighted by atomic mass is 32.2. The van der Waals surface area contributed by atoms with E-state index in [4.69, 9.17) is 9.15 Å². The second-order valence-electron chi connectivity index (χ2n) is 4.88. The van der Waals surface area contributed by atoms with Gasteiger partial charge in [0.05, 0.1) is 6.54 Å². The highest BCUT2D eigenvalue weighted by Crippen LogP contribution is 2.22. The Hall–Kier alpha value is -2.09. The van der Waals surface area contributed by atoms with E-state index in [1.54, 1.807) is 25.3 Å². The van der Waals surface area contributed by atoms with Gasteiger partial charge in [-0.25, -0.2) is 4.98 Å². The third kappa shape index (κ3) is 3.76. The van der Waals surface area contributed by atoms with Crippen molar-refractivity contribution in [3.05, 3.63) is 35.7 Å². The van der Waals surface area contributed by atoms with Crippen LogP contribution in [0.3, 0.4) is 0 Å². The summed E-state index contributed by atoms with van der Waals surface area (Å²) < 4.78 is 11.0. The van der Waals surface area contributed by atoms with Gasteiger partial charge in [0.25, 0.3) is 5.91 Å². The maximum absolute atomic E-state index is 12.1. The lowest BCUT2D eigenvalue weighted by molar-refractivity contribution is 0.0946. The standard InChI is InChI=1S/C14H16N4O3S/c1-9-17-18-13(20-9)7-16-14(19)10-2-4-15-12(6-10)21-11-3-5-22-8-11/h2,4,6,11H,3,5,7-8H2,1H3,(H,16,19)/t11-/m1/s1. The first-order chi connectivity index (χ1) is 10.7. The van der Waals surface area contributed by atoms with Crippen LogP contribution in [-0.2, 0) is 6.54 Å². The highest BCUT2D eigenvalue weighted by Gasteiger charge is 2.18. The van der Waals surface area contributed by atoms with E-state index >= 15 is 0 Å². The van der Waals surface area contributed by atoms with Gasteiger partial charge in [0.15, 0.2) is 0 Å². The Morgan fingerprint density at radius 1 is 1.55 bits per heavy atom. The van der Waals surface area contributed by atoms with Crippen molar-refractivity contribution in [1.29, 1.82) is 0 Å². The zero-order valence-corrected chi connectivity index (χ0v) is 12.9. The Balaban J connectivity index is 1.59. The molecule has 0 saturated carbocycles. The molecule has 7 nitrogen and oxygen atoms in total. The minimum Gasteiger partial charge on any atom is -0.473 e. The van der Waals surface area contributed by atoms with E-state index in [2.05, 4.69) is 20.5 Å². The summed E-state index contributed by atoms with van der Waals surface area (Å²) in [4.78, 5) is 16.3. The molecule has 2 aromatic heterocycles. The molecule has 2 aromatic rings. The summed E-state index contributed by atoms with van der Waals surface area (Å²) in [6.07, 6.45) is 2.76. The van der Waals surface area contributed by atoms with Crippen LogP contribution in [0.2, 0.25) is 0 Å². The van der Waals surface area contributed by atoms with E-state index in [9.17, 15) is 4.79 Å². The van der Waals surface area contributed by atoms with Crippen molar-refractivity contribution >= 4 is 17.7 Å². The van der Waals surface area contributed by atoms with E-state index in [-0.39, 0.29) is 18.6 Å². The molecular formula is C14H16N4O3S. The number of aromatic nitrogens is 3. The smallest absolute Gasteiger partial charge is 0.251 e. The Bertz CT molecular complexity index is 655. The Labute approximate surface area is 131 Å². The number of carbonyl (C=O) groups excluding carboxylic acids is 1. The molecule has 0 spiro atoms. The summed E-state index contributed by atoms with van der Waals surface area (Å²) >= 11 is 1.86. The van der Waals surface area contributed by atoms with E-state index in [0.29, 0.717) is 23.2 Å². The Kier molecular flexibility index (Phi) is 4.57. The van der Waals surface area contributed by atoms with E-state index < -0.39 is 0 Å². The van der Waals surface area contributed by atoms with Crippen molar-refractivity contribution in [2.45, 2.75) is 26.0 Å². The fourth-order valence-corrected chi connectivity index (χ4v) is 3.15. The summed E-state index contributed by atoms with van der Waals surface area (Å²) in [5.74, 6) is 3.17. The molecule has 1 aliphatic rings. The fraction of sp³-hybridized carbons (Fsp3) is 0.429. The first-order valence-corrected chi connectivity index (χ1v) is 8.14. The molecule has 0 bridgehead atoms. The molecule has 0 aromatic carbocycles. The molecule has 1 aliphatic heterocycles. The minimum atomic E-state index is -0.232. The number of hydrogen-bond acceptors (Lipinski definition) is 7. The summed E-state index contributed by atoms with van der Waals surface area (Å²) in [6, 6.07) is 3.29. The summed E-state index contributed by atoms with van der Waals surface area (Å²) in [7, 11) is 0. The largest absolute Gasteiger partial charge is 0.473 e. The van der Waals surface area contributed by atoms with Crippen LogP contribution < -0.4 is 10.1 Å². The first-order valence-electron chi connectivity index (χ1n) is 6.98. The average Bonchev–Trinajstić information content (AvgIpc) is 3.17. The van der Waals surface area contributed by atoms with Gasteiger partial charge in [-0.1, -0.05) is 0 Å². The van der Waals surface area contributed by atoms with Crippen LogP contribution in [0.1, 0.15) is 28.6 Å². The van der Waals surface area contributed by atoms with Gasteiger partial charge in [0, 0.05) is 30.5 Å². The van der Waals surface area contributed by atoms with E-state index in [1.807, 2.05) is 11.8 Å².